The first-order valence-corrected chi connectivity index (χ1v) is 8.06. The van der Waals surface area contributed by atoms with Gasteiger partial charge in [0.05, 0.1) is 12.1 Å². The maximum Gasteiger partial charge on any atom is 0.233 e. The number of imidazole rings is 1. The molecule has 0 aliphatic carbocycles. The molecule has 0 spiro atoms. The lowest BCUT2D eigenvalue weighted by molar-refractivity contribution is -0.123. The zero-order chi connectivity index (χ0) is 16.7. The summed E-state index contributed by atoms with van der Waals surface area (Å²) in [6, 6.07) is 4.07. The lowest BCUT2D eigenvalue weighted by Gasteiger charge is -2.25. The third-order valence-corrected chi connectivity index (χ3v) is 4.59. The second-order valence-corrected chi connectivity index (χ2v) is 6.19. The zero-order valence-electron chi connectivity index (χ0n) is 13.0. The predicted octanol–water partition coefficient (Wildman–Crippen LogP) is 2.42. The Kier molecular flexibility index (Phi) is 3.55. The van der Waals surface area contributed by atoms with Gasteiger partial charge in [-0.15, -0.1) is 0 Å². The minimum Gasteiger partial charge on any atom is -0.326 e. The van der Waals surface area contributed by atoms with Crippen LogP contribution in [0.15, 0.2) is 24.4 Å². The Morgan fingerprint density at radius 3 is 3.12 bits per heavy atom. The summed E-state index contributed by atoms with van der Waals surface area (Å²) in [5.41, 5.74) is 0.994. The highest BCUT2D eigenvalue weighted by Crippen LogP contribution is 2.34. The molecule has 24 heavy (non-hydrogen) atoms. The fourth-order valence-electron chi connectivity index (χ4n) is 3.40. The molecule has 0 saturated heterocycles. The fourth-order valence-corrected chi connectivity index (χ4v) is 3.40. The average molecular weight is 328 g/mol. The SMILES string of the molecule is O=C1C[C@H](C(=O)Nc2cnc3n2CCCC3)c2cc(F)ccc2N1. The highest BCUT2D eigenvalue weighted by molar-refractivity contribution is 6.04. The van der Waals surface area contributed by atoms with E-state index in [2.05, 4.69) is 15.6 Å². The Labute approximate surface area is 138 Å². The first-order valence-electron chi connectivity index (χ1n) is 8.06. The van der Waals surface area contributed by atoms with Gasteiger partial charge in [0.25, 0.3) is 0 Å². The molecule has 1 atom stereocenters. The smallest absolute Gasteiger partial charge is 0.233 e. The van der Waals surface area contributed by atoms with Crippen LogP contribution < -0.4 is 10.6 Å². The third-order valence-electron chi connectivity index (χ3n) is 4.59. The molecule has 124 valence electrons. The number of nitrogens with one attached hydrogen (secondary N) is 2. The molecule has 6 nitrogen and oxygen atoms in total. The van der Waals surface area contributed by atoms with Crippen LogP contribution in [-0.4, -0.2) is 21.4 Å². The van der Waals surface area contributed by atoms with E-state index in [-0.39, 0.29) is 18.2 Å². The summed E-state index contributed by atoms with van der Waals surface area (Å²) in [5.74, 6) is -0.0961. The van der Waals surface area contributed by atoms with E-state index in [0.29, 0.717) is 17.1 Å². The summed E-state index contributed by atoms with van der Waals surface area (Å²) in [7, 11) is 0. The Morgan fingerprint density at radius 1 is 1.38 bits per heavy atom. The molecule has 2 aromatic rings. The number of carbonyl (C=O) groups excluding carboxylic acids is 2. The molecular formula is C17H17FN4O2. The van der Waals surface area contributed by atoms with Gasteiger partial charge in [0.15, 0.2) is 0 Å². The molecule has 4 rings (SSSR count). The standard InChI is InChI=1S/C17H17FN4O2/c18-10-4-5-13-11(7-10)12(8-16(23)20-13)17(24)21-15-9-19-14-3-1-2-6-22(14)15/h4-5,7,9,12H,1-3,6,8H2,(H,20,23)(H,21,24)/t12-/m0/s1. The van der Waals surface area contributed by atoms with Crippen molar-refractivity contribution in [3.63, 3.8) is 0 Å². The van der Waals surface area contributed by atoms with Gasteiger partial charge in [0, 0.05) is 25.1 Å². The number of rotatable bonds is 2. The monoisotopic (exact) mass is 328 g/mol. The van der Waals surface area contributed by atoms with E-state index in [9.17, 15) is 14.0 Å². The molecule has 0 radical (unpaired) electrons. The van der Waals surface area contributed by atoms with Crippen LogP contribution in [0, 0.1) is 5.82 Å². The van der Waals surface area contributed by atoms with Crippen molar-refractivity contribution < 1.29 is 14.0 Å². The second-order valence-electron chi connectivity index (χ2n) is 6.19. The van der Waals surface area contributed by atoms with Gasteiger partial charge in [-0.3, -0.25) is 9.59 Å². The van der Waals surface area contributed by atoms with Crippen molar-refractivity contribution in [3.05, 3.63) is 41.6 Å². The Bertz CT molecular complexity index is 830. The van der Waals surface area contributed by atoms with Gasteiger partial charge in [0.2, 0.25) is 11.8 Å². The van der Waals surface area contributed by atoms with E-state index in [1.807, 2.05) is 4.57 Å². The molecule has 0 unspecified atom stereocenters. The third kappa shape index (κ3) is 2.55. The van der Waals surface area contributed by atoms with Gasteiger partial charge in [-0.05, 0) is 36.6 Å². The molecule has 2 aliphatic rings. The zero-order valence-corrected chi connectivity index (χ0v) is 13.0. The minimum absolute atomic E-state index is 0.00325. The summed E-state index contributed by atoms with van der Waals surface area (Å²) >= 11 is 0. The molecule has 0 saturated carbocycles. The quantitative estimate of drug-likeness (QED) is 0.889. The van der Waals surface area contributed by atoms with Crippen LogP contribution in [0.3, 0.4) is 0 Å². The number of nitrogens with zero attached hydrogens (tertiary/aromatic N) is 2. The van der Waals surface area contributed by atoms with Crippen molar-refractivity contribution in [1.82, 2.24) is 9.55 Å². The average Bonchev–Trinajstić information content (AvgIpc) is 2.98. The number of anilines is 2. The van der Waals surface area contributed by atoms with Crippen molar-refractivity contribution in [1.29, 1.82) is 0 Å². The number of hydrogen-bond acceptors (Lipinski definition) is 3. The number of hydrogen-bond donors (Lipinski definition) is 2. The minimum atomic E-state index is -0.709. The predicted molar refractivity (Wildman–Crippen MR) is 86.2 cm³/mol. The Balaban J connectivity index is 1.62. The van der Waals surface area contributed by atoms with Crippen molar-refractivity contribution in [3.8, 4) is 0 Å². The lowest BCUT2D eigenvalue weighted by atomic mass is 9.89. The van der Waals surface area contributed by atoms with Crippen molar-refractivity contribution >= 4 is 23.3 Å². The largest absolute Gasteiger partial charge is 0.326 e. The molecule has 0 bridgehead atoms. The first kappa shape index (κ1) is 14.9. The molecule has 3 heterocycles. The number of halogens is 1. The van der Waals surface area contributed by atoms with Gasteiger partial charge < -0.3 is 15.2 Å². The van der Waals surface area contributed by atoms with Gasteiger partial charge in [0.1, 0.15) is 17.5 Å². The Hall–Kier alpha value is -2.70. The van der Waals surface area contributed by atoms with E-state index in [0.717, 1.165) is 31.6 Å². The molecule has 2 amide bonds. The molecule has 1 aromatic heterocycles. The summed E-state index contributed by atoms with van der Waals surface area (Å²) in [4.78, 5) is 28.9. The molecule has 2 aliphatic heterocycles. The van der Waals surface area contributed by atoms with E-state index < -0.39 is 11.7 Å². The number of carbonyl (C=O) groups is 2. The highest BCUT2D eigenvalue weighted by Gasteiger charge is 2.31. The number of amides is 2. The van der Waals surface area contributed by atoms with Crippen LogP contribution in [0.4, 0.5) is 15.9 Å². The lowest BCUT2D eigenvalue weighted by Crippen LogP contribution is -2.31. The summed E-state index contributed by atoms with van der Waals surface area (Å²) in [6.07, 6.45) is 4.69. The maximum atomic E-state index is 13.6. The van der Waals surface area contributed by atoms with Crippen LogP contribution in [0.5, 0.6) is 0 Å². The van der Waals surface area contributed by atoms with Crippen molar-refractivity contribution in [2.75, 3.05) is 10.6 Å². The molecular weight excluding hydrogens is 311 g/mol. The molecule has 0 fully saturated rings. The van der Waals surface area contributed by atoms with Crippen LogP contribution >= 0.6 is 0 Å². The number of aromatic nitrogens is 2. The fraction of sp³-hybridized carbons (Fsp3) is 0.353. The molecule has 2 N–H and O–H groups in total. The molecule has 7 heteroatoms. The van der Waals surface area contributed by atoms with Gasteiger partial charge in [-0.2, -0.15) is 0 Å². The number of aryl methyl sites for hydroxylation is 1. The number of benzene rings is 1. The summed E-state index contributed by atoms with van der Waals surface area (Å²) < 4.78 is 15.6. The molecule has 1 aromatic carbocycles. The maximum absolute atomic E-state index is 13.6. The van der Waals surface area contributed by atoms with E-state index >= 15 is 0 Å². The van der Waals surface area contributed by atoms with Crippen LogP contribution in [-0.2, 0) is 22.6 Å². The van der Waals surface area contributed by atoms with E-state index in [1.54, 1.807) is 6.20 Å². The van der Waals surface area contributed by atoms with Crippen LogP contribution in [0.1, 0.15) is 36.6 Å². The normalized spacial score (nSPS) is 19.2. The second kappa shape index (κ2) is 5.74. The van der Waals surface area contributed by atoms with Gasteiger partial charge >= 0.3 is 0 Å². The number of fused-ring (bicyclic) bond motifs is 2. The van der Waals surface area contributed by atoms with Crippen molar-refractivity contribution in [2.45, 2.75) is 38.1 Å². The van der Waals surface area contributed by atoms with Crippen molar-refractivity contribution in [2.24, 2.45) is 0 Å². The van der Waals surface area contributed by atoms with Gasteiger partial charge in [-0.1, -0.05) is 0 Å². The summed E-state index contributed by atoms with van der Waals surface area (Å²) in [5, 5.41) is 5.54. The van der Waals surface area contributed by atoms with Crippen LogP contribution in [0.25, 0.3) is 0 Å². The van der Waals surface area contributed by atoms with Gasteiger partial charge in [-0.25, -0.2) is 9.37 Å². The summed E-state index contributed by atoms with van der Waals surface area (Å²) in [6.45, 7) is 0.821. The van der Waals surface area contributed by atoms with Crippen LogP contribution in [0.2, 0.25) is 0 Å². The highest BCUT2D eigenvalue weighted by atomic mass is 19.1. The Morgan fingerprint density at radius 2 is 2.25 bits per heavy atom. The first-order chi connectivity index (χ1) is 11.6. The van der Waals surface area contributed by atoms with E-state index in [4.69, 9.17) is 0 Å². The topological polar surface area (TPSA) is 76.0 Å². The van der Waals surface area contributed by atoms with E-state index in [1.165, 1.54) is 18.2 Å².